The van der Waals surface area contributed by atoms with Gasteiger partial charge in [0.05, 0.1) is 23.5 Å². The van der Waals surface area contributed by atoms with Crippen molar-refractivity contribution in [3.8, 4) is 5.75 Å². The lowest BCUT2D eigenvalue weighted by Gasteiger charge is -2.36. The number of hydrogen-bond donors (Lipinski definition) is 1. The number of carbonyl (C=O) groups excluding carboxylic acids is 1. The van der Waals surface area contributed by atoms with Gasteiger partial charge in [0, 0.05) is 37.4 Å². The summed E-state index contributed by atoms with van der Waals surface area (Å²) in [4.78, 5) is 21.2. The molecule has 8 nitrogen and oxygen atoms in total. The number of thiazole rings is 1. The number of aryl methyl sites for hydroxylation is 2. The fourth-order valence-corrected chi connectivity index (χ4v) is 6.41. The Bertz CT molecular complexity index is 1250. The maximum Gasteiger partial charge on any atom is 0.273 e. The number of carbonyl (C=O) groups is 1. The van der Waals surface area contributed by atoms with Gasteiger partial charge in [-0.15, -0.1) is 11.3 Å². The quantitative estimate of drug-likeness (QED) is 0.573. The SMILES string of the molecule is COc1ccccc1N1CCN(C(=O)c2ccc(NS(=O)(=O)c3sc(C)nc3C)cc2)CC1. The van der Waals surface area contributed by atoms with Crippen LogP contribution in [0.5, 0.6) is 5.75 Å². The second-order valence-corrected chi connectivity index (χ2v) is 10.8. The third-order valence-electron chi connectivity index (χ3n) is 5.48. The van der Waals surface area contributed by atoms with Crippen LogP contribution >= 0.6 is 11.3 Å². The highest BCUT2D eigenvalue weighted by Gasteiger charge is 2.24. The number of benzene rings is 2. The number of para-hydroxylation sites is 2. The predicted octanol–water partition coefficient (Wildman–Crippen LogP) is 3.53. The summed E-state index contributed by atoms with van der Waals surface area (Å²) in [7, 11) is -2.07. The summed E-state index contributed by atoms with van der Waals surface area (Å²) in [6, 6.07) is 14.4. The first kappa shape index (κ1) is 23.1. The van der Waals surface area contributed by atoms with Gasteiger partial charge in [0.2, 0.25) is 0 Å². The van der Waals surface area contributed by atoms with Crippen molar-refractivity contribution in [3.05, 3.63) is 64.8 Å². The summed E-state index contributed by atoms with van der Waals surface area (Å²) >= 11 is 1.13. The largest absolute Gasteiger partial charge is 0.495 e. The zero-order valence-electron chi connectivity index (χ0n) is 18.7. The van der Waals surface area contributed by atoms with Crippen LogP contribution in [0.1, 0.15) is 21.1 Å². The molecule has 1 N–H and O–H groups in total. The Morgan fingerprint density at radius 1 is 1.03 bits per heavy atom. The van der Waals surface area contributed by atoms with Gasteiger partial charge in [0.15, 0.2) is 4.21 Å². The van der Waals surface area contributed by atoms with Crippen molar-refractivity contribution in [2.45, 2.75) is 18.1 Å². The summed E-state index contributed by atoms with van der Waals surface area (Å²) in [6.07, 6.45) is 0. The molecule has 3 aromatic rings. The monoisotopic (exact) mass is 486 g/mol. The minimum absolute atomic E-state index is 0.0713. The van der Waals surface area contributed by atoms with E-state index in [0.29, 0.717) is 48.1 Å². The first-order valence-electron chi connectivity index (χ1n) is 10.5. The van der Waals surface area contributed by atoms with Crippen LogP contribution in [0.25, 0.3) is 0 Å². The van der Waals surface area contributed by atoms with Gasteiger partial charge in [0.1, 0.15) is 5.75 Å². The van der Waals surface area contributed by atoms with E-state index in [1.54, 1.807) is 45.2 Å². The third-order valence-corrected chi connectivity index (χ3v) is 8.55. The molecular formula is C23H26N4O4S2. The molecule has 0 saturated carbocycles. The molecule has 0 radical (unpaired) electrons. The van der Waals surface area contributed by atoms with Crippen LogP contribution in [0.3, 0.4) is 0 Å². The van der Waals surface area contributed by atoms with Gasteiger partial charge in [-0.2, -0.15) is 0 Å². The first-order chi connectivity index (χ1) is 15.8. The van der Waals surface area contributed by atoms with Crippen LogP contribution in [-0.4, -0.2) is 57.5 Å². The van der Waals surface area contributed by atoms with Crippen molar-refractivity contribution >= 4 is 38.6 Å². The summed E-state index contributed by atoms with van der Waals surface area (Å²) < 4.78 is 33.6. The van der Waals surface area contributed by atoms with Crippen LogP contribution in [-0.2, 0) is 10.0 Å². The normalized spacial score (nSPS) is 14.3. The molecule has 1 amide bonds. The highest BCUT2D eigenvalue weighted by atomic mass is 32.2. The van der Waals surface area contributed by atoms with Crippen molar-refractivity contribution in [1.82, 2.24) is 9.88 Å². The van der Waals surface area contributed by atoms with E-state index in [-0.39, 0.29) is 10.1 Å². The van der Waals surface area contributed by atoms with Gasteiger partial charge in [0.25, 0.3) is 15.9 Å². The average Bonchev–Trinajstić information content (AvgIpc) is 3.18. The molecule has 1 aromatic heterocycles. The molecular weight excluding hydrogens is 460 g/mol. The molecule has 0 aliphatic carbocycles. The Kier molecular flexibility index (Phi) is 6.57. The summed E-state index contributed by atoms with van der Waals surface area (Å²) in [6.45, 7) is 6.04. The third kappa shape index (κ3) is 4.96. The van der Waals surface area contributed by atoms with E-state index in [1.165, 1.54) is 0 Å². The Labute approximate surface area is 197 Å². The number of nitrogens with one attached hydrogen (secondary N) is 1. The number of amides is 1. The molecule has 1 aliphatic heterocycles. The number of piperazine rings is 1. The zero-order chi connectivity index (χ0) is 23.6. The van der Waals surface area contributed by atoms with Crippen LogP contribution in [0.4, 0.5) is 11.4 Å². The second kappa shape index (κ2) is 9.40. The topological polar surface area (TPSA) is 91.8 Å². The van der Waals surface area contributed by atoms with E-state index in [4.69, 9.17) is 4.74 Å². The van der Waals surface area contributed by atoms with Crippen LogP contribution in [0.2, 0.25) is 0 Å². The number of methoxy groups -OCH3 is 1. The molecule has 0 atom stereocenters. The zero-order valence-corrected chi connectivity index (χ0v) is 20.4. The Balaban J connectivity index is 1.39. The van der Waals surface area contributed by atoms with E-state index in [0.717, 1.165) is 22.8 Å². The molecule has 1 fully saturated rings. The van der Waals surface area contributed by atoms with Gasteiger partial charge in [-0.25, -0.2) is 13.4 Å². The Morgan fingerprint density at radius 3 is 2.30 bits per heavy atom. The molecule has 1 aliphatic rings. The smallest absolute Gasteiger partial charge is 0.273 e. The molecule has 0 spiro atoms. The van der Waals surface area contributed by atoms with E-state index < -0.39 is 10.0 Å². The van der Waals surface area contributed by atoms with Gasteiger partial charge in [-0.3, -0.25) is 9.52 Å². The number of hydrogen-bond acceptors (Lipinski definition) is 7. The fraction of sp³-hybridized carbons (Fsp3) is 0.304. The van der Waals surface area contributed by atoms with Crippen molar-refractivity contribution in [1.29, 1.82) is 0 Å². The van der Waals surface area contributed by atoms with Gasteiger partial charge in [-0.1, -0.05) is 12.1 Å². The minimum atomic E-state index is -3.72. The van der Waals surface area contributed by atoms with E-state index in [9.17, 15) is 13.2 Å². The number of anilines is 2. The minimum Gasteiger partial charge on any atom is -0.495 e. The number of nitrogens with zero attached hydrogens (tertiary/aromatic N) is 3. The fourth-order valence-electron chi connectivity index (χ4n) is 3.87. The molecule has 0 bridgehead atoms. The molecule has 174 valence electrons. The number of ether oxygens (including phenoxy) is 1. The van der Waals surface area contributed by atoms with Gasteiger partial charge >= 0.3 is 0 Å². The molecule has 4 rings (SSSR count). The maximum absolute atomic E-state index is 13.0. The standard InChI is InChI=1S/C23H26N4O4S2/c1-16-23(32-17(2)24-16)33(29,30)25-19-10-8-18(9-11-19)22(28)27-14-12-26(13-15-27)20-6-4-5-7-21(20)31-3/h4-11,25H,12-15H2,1-3H3. The number of aromatic nitrogens is 1. The van der Waals surface area contributed by atoms with Crippen molar-refractivity contribution < 1.29 is 17.9 Å². The van der Waals surface area contributed by atoms with Gasteiger partial charge in [-0.05, 0) is 50.2 Å². The molecule has 10 heteroatoms. The van der Waals surface area contributed by atoms with E-state index >= 15 is 0 Å². The molecule has 2 aromatic carbocycles. The van der Waals surface area contributed by atoms with Gasteiger partial charge < -0.3 is 14.5 Å². The van der Waals surface area contributed by atoms with Crippen molar-refractivity contribution in [2.24, 2.45) is 0 Å². The van der Waals surface area contributed by atoms with Crippen LogP contribution in [0.15, 0.2) is 52.7 Å². The second-order valence-electron chi connectivity index (χ2n) is 7.74. The Morgan fingerprint density at radius 2 is 1.70 bits per heavy atom. The summed E-state index contributed by atoms with van der Waals surface area (Å²) in [5, 5.41) is 0.694. The summed E-state index contributed by atoms with van der Waals surface area (Å²) in [5.41, 5.74) is 2.42. The number of rotatable bonds is 6. The van der Waals surface area contributed by atoms with E-state index in [1.807, 2.05) is 29.2 Å². The van der Waals surface area contributed by atoms with Crippen LogP contribution in [0, 0.1) is 13.8 Å². The summed E-state index contributed by atoms with van der Waals surface area (Å²) in [5.74, 6) is 0.747. The van der Waals surface area contributed by atoms with E-state index in [2.05, 4.69) is 14.6 Å². The number of sulfonamides is 1. The lowest BCUT2D eigenvalue weighted by molar-refractivity contribution is 0.0746. The molecule has 33 heavy (non-hydrogen) atoms. The molecule has 1 saturated heterocycles. The average molecular weight is 487 g/mol. The van der Waals surface area contributed by atoms with Crippen molar-refractivity contribution in [3.63, 3.8) is 0 Å². The lowest BCUT2D eigenvalue weighted by atomic mass is 10.1. The molecule has 2 heterocycles. The Hall–Kier alpha value is -3.11. The lowest BCUT2D eigenvalue weighted by Crippen LogP contribution is -2.48. The first-order valence-corrected chi connectivity index (χ1v) is 12.8. The maximum atomic E-state index is 13.0. The predicted molar refractivity (Wildman–Crippen MR) is 130 cm³/mol. The molecule has 0 unspecified atom stereocenters. The van der Waals surface area contributed by atoms with Crippen molar-refractivity contribution in [2.75, 3.05) is 42.9 Å². The highest BCUT2D eigenvalue weighted by Crippen LogP contribution is 2.29. The van der Waals surface area contributed by atoms with Crippen LogP contribution < -0.4 is 14.4 Å². The highest BCUT2D eigenvalue weighted by molar-refractivity contribution is 7.94.